The predicted octanol–water partition coefficient (Wildman–Crippen LogP) is 1.15. The van der Waals surface area contributed by atoms with Gasteiger partial charge < -0.3 is 9.88 Å². The Kier molecular flexibility index (Phi) is 4.69. The van der Waals surface area contributed by atoms with Crippen LogP contribution in [0.15, 0.2) is 29.4 Å². The van der Waals surface area contributed by atoms with Crippen LogP contribution in [0.3, 0.4) is 0 Å². The van der Waals surface area contributed by atoms with E-state index < -0.39 is 10.0 Å². The summed E-state index contributed by atoms with van der Waals surface area (Å²) in [6.07, 6.45) is 4.30. The van der Waals surface area contributed by atoms with E-state index in [2.05, 4.69) is 22.1 Å². The Hall–Kier alpha value is -1.80. The molecule has 0 saturated carbocycles. The molecule has 2 rings (SSSR count). The second kappa shape index (κ2) is 6.31. The van der Waals surface area contributed by atoms with Crippen LogP contribution in [0.2, 0.25) is 0 Å². The summed E-state index contributed by atoms with van der Waals surface area (Å²) in [5.74, 6) is 0.316. The summed E-state index contributed by atoms with van der Waals surface area (Å²) in [5, 5.41) is 7.08. The second-order valence-corrected chi connectivity index (χ2v) is 6.55. The van der Waals surface area contributed by atoms with Gasteiger partial charge >= 0.3 is 0 Å². The fourth-order valence-electron chi connectivity index (χ4n) is 2.12. The fraction of sp³-hybridized carbons (Fsp3) is 0.462. The molecule has 0 unspecified atom stereocenters. The first-order valence-electron chi connectivity index (χ1n) is 6.82. The molecule has 0 amide bonds. The van der Waals surface area contributed by atoms with Gasteiger partial charge in [0.2, 0.25) is 0 Å². The van der Waals surface area contributed by atoms with Gasteiger partial charge in [-0.25, -0.2) is 8.42 Å². The maximum Gasteiger partial charge on any atom is 0.264 e. The van der Waals surface area contributed by atoms with Gasteiger partial charge in [-0.2, -0.15) is 5.10 Å². The van der Waals surface area contributed by atoms with E-state index in [0.717, 1.165) is 18.7 Å². The van der Waals surface area contributed by atoms with Gasteiger partial charge in [-0.15, -0.1) is 0 Å². The van der Waals surface area contributed by atoms with Crippen molar-refractivity contribution in [2.75, 3.05) is 11.8 Å². The normalized spacial score (nSPS) is 11.8. The van der Waals surface area contributed by atoms with E-state index >= 15 is 0 Å². The smallest absolute Gasteiger partial charge is 0.264 e. The summed E-state index contributed by atoms with van der Waals surface area (Å²) in [5.41, 5.74) is 0.945. The van der Waals surface area contributed by atoms with Crippen molar-refractivity contribution in [1.82, 2.24) is 19.7 Å². The Morgan fingerprint density at radius 2 is 2.14 bits per heavy atom. The van der Waals surface area contributed by atoms with Crippen LogP contribution in [0.25, 0.3) is 0 Å². The average molecular weight is 311 g/mol. The molecular formula is C13H21N5O2S. The molecule has 0 fully saturated rings. The van der Waals surface area contributed by atoms with E-state index in [-0.39, 0.29) is 4.90 Å². The minimum atomic E-state index is -3.61. The third-order valence-electron chi connectivity index (χ3n) is 3.05. The van der Waals surface area contributed by atoms with Gasteiger partial charge in [0.05, 0.1) is 0 Å². The summed E-state index contributed by atoms with van der Waals surface area (Å²) in [6.45, 7) is 3.47. The molecule has 0 aromatic carbocycles. The van der Waals surface area contributed by atoms with Crippen molar-refractivity contribution in [3.8, 4) is 0 Å². The quantitative estimate of drug-likeness (QED) is 0.804. The molecule has 0 aliphatic carbocycles. The Morgan fingerprint density at radius 1 is 1.38 bits per heavy atom. The number of anilines is 1. The largest absolute Gasteiger partial charge is 0.349 e. The molecule has 2 aromatic rings. The topological polar surface area (TPSA) is 81.0 Å². The fourth-order valence-corrected chi connectivity index (χ4v) is 3.18. The molecule has 0 saturated heterocycles. The zero-order valence-electron chi connectivity index (χ0n) is 12.5. The first kappa shape index (κ1) is 15.6. The van der Waals surface area contributed by atoms with E-state index in [1.807, 2.05) is 11.6 Å². The minimum Gasteiger partial charge on any atom is -0.349 e. The van der Waals surface area contributed by atoms with Crippen molar-refractivity contribution in [2.45, 2.75) is 31.3 Å². The number of rotatable bonds is 7. The molecule has 116 valence electrons. The van der Waals surface area contributed by atoms with Crippen LogP contribution in [-0.2, 0) is 30.2 Å². The molecule has 2 aromatic heterocycles. The number of nitrogens with zero attached hydrogens (tertiary/aromatic N) is 3. The second-order valence-electron chi connectivity index (χ2n) is 4.87. The van der Waals surface area contributed by atoms with E-state index in [1.165, 1.54) is 0 Å². The molecule has 2 N–H and O–H groups in total. The summed E-state index contributed by atoms with van der Waals surface area (Å²) in [7, 11) is -0.0392. The lowest BCUT2D eigenvalue weighted by molar-refractivity contribution is 0.599. The number of hydrogen-bond donors (Lipinski definition) is 2. The van der Waals surface area contributed by atoms with E-state index in [9.17, 15) is 8.42 Å². The highest BCUT2D eigenvalue weighted by atomic mass is 32.2. The van der Waals surface area contributed by atoms with Crippen LogP contribution in [-0.4, -0.2) is 29.8 Å². The number of aromatic nitrogens is 3. The van der Waals surface area contributed by atoms with Crippen LogP contribution >= 0.6 is 0 Å². The Labute approximate surface area is 125 Å². The molecule has 0 aliphatic heterocycles. The van der Waals surface area contributed by atoms with Gasteiger partial charge in [-0.05, 0) is 19.5 Å². The lowest BCUT2D eigenvalue weighted by Crippen LogP contribution is -2.13. The van der Waals surface area contributed by atoms with Gasteiger partial charge in [0.25, 0.3) is 10.0 Å². The van der Waals surface area contributed by atoms with Gasteiger partial charge in [0, 0.05) is 44.3 Å². The number of aryl methyl sites for hydroxylation is 2. The standard InChI is InChI=1S/C13H21N5O2S/c1-4-6-18-10-12(8-11(18)9-14-2)21(19,20)16-13-5-7-17(3)15-13/h5,7-8,10,14H,4,6,9H2,1-3H3,(H,15,16). The summed E-state index contributed by atoms with van der Waals surface area (Å²) < 4.78 is 30.8. The molecule has 0 bridgehead atoms. The summed E-state index contributed by atoms with van der Waals surface area (Å²) in [4.78, 5) is 0.256. The third-order valence-corrected chi connectivity index (χ3v) is 4.37. The Balaban J connectivity index is 2.28. The van der Waals surface area contributed by atoms with Gasteiger partial charge in [0.15, 0.2) is 5.82 Å². The number of sulfonamides is 1. The van der Waals surface area contributed by atoms with Crippen molar-refractivity contribution in [2.24, 2.45) is 7.05 Å². The van der Waals surface area contributed by atoms with Gasteiger partial charge in [0.1, 0.15) is 4.90 Å². The highest BCUT2D eigenvalue weighted by molar-refractivity contribution is 7.92. The first-order valence-corrected chi connectivity index (χ1v) is 8.30. The van der Waals surface area contributed by atoms with E-state index in [4.69, 9.17) is 0 Å². The van der Waals surface area contributed by atoms with Crippen molar-refractivity contribution in [3.05, 3.63) is 30.2 Å². The Morgan fingerprint density at radius 3 is 2.71 bits per heavy atom. The van der Waals surface area contributed by atoms with Crippen LogP contribution in [0.5, 0.6) is 0 Å². The molecule has 0 atom stereocenters. The molecule has 0 spiro atoms. The van der Waals surface area contributed by atoms with E-state index in [1.54, 1.807) is 36.3 Å². The highest BCUT2D eigenvalue weighted by Crippen LogP contribution is 2.18. The number of hydrogen-bond acceptors (Lipinski definition) is 4. The maximum absolute atomic E-state index is 12.4. The summed E-state index contributed by atoms with van der Waals surface area (Å²) >= 11 is 0. The van der Waals surface area contributed by atoms with Crippen molar-refractivity contribution in [1.29, 1.82) is 0 Å². The first-order chi connectivity index (χ1) is 9.96. The Bertz CT molecular complexity index is 678. The number of nitrogens with one attached hydrogen (secondary N) is 2. The van der Waals surface area contributed by atoms with Crippen molar-refractivity contribution >= 4 is 15.8 Å². The zero-order chi connectivity index (χ0) is 15.5. The average Bonchev–Trinajstić information content (AvgIpc) is 2.98. The highest BCUT2D eigenvalue weighted by Gasteiger charge is 2.19. The molecule has 8 heteroatoms. The maximum atomic E-state index is 12.4. The van der Waals surface area contributed by atoms with Crippen LogP contribution in [0, 0.1) is 0 Å². The molecule has 2 heterocycles. The molecule has 7 nitrogen and oxygen atoms in total. The predicted molar refractivity (Wildman–Crippen MR) is 81.5 cm³/mol. The molecular weight excluding hydrogens is 290 g/mol. The zero-order valence-corrected chi connectivity index (χ0v) is 13.3. The molecule has 0 aliphatic rings. The summed E-state index contributed by atoms with van der Waals surface area (Å²) in [6, 6.07) is 3.31. The van der Waals surface area contributed by atoms with Crippen LogP contribution in [0.4, 0.5) is 5.82 Å². The van der Waals surface area contributed by atoms with Crippen molar-refractivity contribution < 1.29 is 8.42 Å². The molecule has 21 heavy (non-hydrogen) atoms. The SMILES string of the molecule is CCCn1cc(S(=O)(=O)Nc2ccn(C)n2)cc1CNC. The van der Waals surface area contributed by atoms with Crippen molar-refractivity contribution in [3.63, 3.8) is 0 Å². The molecule has 0 radical (unpaired) electrons. The van der Waals surface area contributed by atoms with Gasteiger partial charge in [-0.3, -0.25) is 9.40 Å². The lowest BCUT2D eigenvalue weighted by atomic mass is 10.4. The third kappa shape index (κ3) is 3.64. The monoisotopic (exact) mass is 311 g/mol. The lowest BCUT2D eigenvalue weighted by Gasteiger charge is -2.06. The van der Waals surface area contributed by atoms with Crippen LogP contribution < -0.4 is 10.0 Å². The minimum absolute atomic E-state index is 0.256. The van der Waals surface area contributed by atoms with Crippen LogP contribution in [0.1, 0.15) is 19.0 Å². The van der Waals surface area contributed by atoms with Gasteiger partial charge in [-0.1, -0.05) is 6.92 Å². The van der Waals surface area contributed by atoms with E-state index in [0.29, 0.717) is 12.4 Å².